The van der Waals surface area contributed by atoms with Gasteiger partial charge in [-0.2, -0.15) is 5.10 Å². The Labute approximate surface area is 107 Å². The molecular formula is C12H19N3O2Si. The van der Waals surface area contributed by atoms with Gasteiger partial charge >= 0.3 is 0 Å². The molecule has 0 radical (unpaired) electrons. The Hall–Kier alpha value is -1.40. The lowest BCUT2D eigenvalue weighted by molar-refractivity contribution is 0.0791. The van der Waals surface area contributed by atoms with Gasteiger partial charge in [0.1, 0.15) is 6.73 Å². The number of aromatic nitrogens is 3. The summed E-state index contributed by atoms with van der Waals surface area (Å²) in [5, 5.41) is 4.89. The van der Waals surface area contributed by atoms with Crippen molar-refractivity contribution >= 4 is 19.0 Å². The predicted octanol–water partition coefficient (Wildman–Crippen LogP) is 2.04. The first-order chi connectivity index (χ1) is 8.46. The molecule has 2 rings (SSSR count). The molecule has 0 atom stereocenters. The Morgan fingerprint density at radius 2 is 2.22 bits per heavy atom. The molecule has 0 spiro atoms. The molecular weight excluding hydrogens is 246 g/mol. The molecule has 0 saturated heterocycles. The van der Waals surface area contributed by atoms with E-state index in [0.29, 0.717) is 17.6 Å². The largest absolute Gasteiger partial charge is 0.360 e. The van der Waals surface area contributed by atoms with Gasteiger partial charge in [-0.3, -0.25) is 4.79 Å². The van der Waals surface area contributed by atoms with Crippen molar-refractivity contribution in [3.8, 4) is 0 Å². The van der Waals surface area contributed by atoms with Gasteiger partial charge in [-0.1, -0.05) is 19.6 Å². The molecule has 0 saturated carbocycles. The third-order valence-corrected chi connectivity index (χ3v) is 4.41. The van der Waals surface area contributed by atoms with Crippen molar-refractivity contribution in [2.75, 3.05) is 6.61 Å². The van der Waals surface area contributed by atoms with Gasteiger partial charge in [-0.15, -0.1) is 0 Å². The van der Waals surface area contributed by atoms with Crippen molar-refractivity contribution in [1.29, 1.82) is 0 Å². The molecule has 0 bridgehead atoms. The van der Waals surface area contributed by atoms with Crippen molar-refractivity contribution in [3.05, 3.63) is 28.8 Å². The maximum Gasteiger partial charge on any atom is 0.259 e. The van der Waals surface area contributed by atoms with Crippen molar-refractivity contribution in [2.24, 2.45) is 0 Å². The number of nitrogens with zero attached hydrogens (tertiary/aromatic N) is 2. The fraction of sp³-hybridized carbons (Fsp3) is 0.500. The van der Waals surface area contributed by atoms with Crippen LogP contribution in [0.3, 0.4) is 0 Å². The molecule has 0 aliphatic rings. The van der Waals surface area contributed by atoms with Gasteiger partial charge in [-0.05, 0) is 12.1 Å². The summed E-state index contributed by atoms with van der Waals surface area (Å²) in [7, 11) is -1.05. The van der Waals surface area contributed by atoms with Gasteiger partial charge in [0.2, 0.25) is 0 Å². The molecule has 6 heteroatoms. The van der Waals surface area contributed by atoms with Crippen LogP contribution in [0.15, 0.2) is 23.3 Å². The number of hydrogen-bond donors (Lipinski definition) is 1. The van der Waals surface area contributed by atoms with E-state index in [2.05, 4.69) is 29.7 Å². The molecule has 0 aliphatic heterocycles. The SMILES string of the molecule is C[Si](C)(C)CCOCn1cc2c(=O)[nH]ccc2n1. The highest BCUT2D eigenvalue weighted by Crippen LogP contribution is 2.09. The number of H-pyrrole nitrogens is 1. The molecule has 0 amide bonds. The summed E-state index contributed by atoms with van der Waals surface area (Å²) in [6, 6.07) is 2.92. The lowest BCUT2D eigenvalue weighted by Gasteiger charge is -2.15. The Bertz CT molecular complexity index is 583. The van der Waals surface area contributed by atoms with Gasteiger partial charge in [-0.25, -0.2) is 4.68 Å². The van der Waals surface area contributed by atoms with Crippen LogP contribution < -0.4 is 5.56 Å². The van der Waals surface area contributed by atoms with Crippen molar-refractivity contribution in [2.45, 2.75) is 32.4 Å². The first-order valence-electron chi connectivity index (χ1n) is 6.08. The summed E-state index contributed by atoms with van der Waals surface area (Å²) in [5.74, 6) is 0. The average Bonchev–Trinajstić information content (AvgIpc) is 2.68. The molecule has 5 nitrogen and oxygen atoms in total. The Balaban J connectivity index is 1.96. The average molecular weight is 265 g/mol. The zero-order chi connectivity index (χ0) is 13.2. The van der Waals surface area contributed by atoms with Crippen LogP contribution in [-0.4, -0.2) is 29.4 Å². The fourth-order valence-electron chi connectivity index (χ4n) is 1.61. The standard InChI is InChI=1S/C12H19N3O2Si/c1-18(2,3)7-6-17-9-15-8-10-11(14-15)4-5-13-12(10)16/h4-5,8H,6-7,9H2,1-3H3,(H,13,16). The van der Waals surface area contributed by atoms with E-state index in [1.165, 1.54) is 0 Å². The quantitative estimate of drug-likeness (QED) is 0.665. The van der Waals surface area contributed by atoms with Crippen LogP contribution in [0, 0.1) is 0 Å². The molecule has 0 aromatic carbocycles. The first-order valence-corrected chi connectivity index (χ1v) is 9.79. The van der Waals surface area contributed by atoms with E-state index < -0.39 is 8.07 Å². The van der Waals surface area contributed by atoms with E-state index in [0.717, 1.165) is 12.7 Å². The number of ether oxygens (including phenoxy) is 1. The van der Waals surface area contributed by atoms with Crippen LogP contribution in [0.5, 0.6) is 0 Å². The molecule has 2 heterocycles. The summed E-state index contributed by atoms with van der Waals surface area (Å²) in [6.45, 7) is 8.11. The van der Waals surface area contributed by atoms with Crippen LogP contribution in [0.2, 0.25) is 25.7 Å². The highest BCUT2D eigenvalue weighted by Gasteiger charge is 2.12. The van der Waals surface area contributed by atoms with Crippen LogP contribution >= 0.6 is 0 Å². The van der Waals surface area contributed by atoms with Gasteiger partial charge in [0, 0.05) is 27.1 Å². The monoisotopic (exact) mass is 265 g/mol. The smallest absolute Gasteiger partial charge is 0.259 e. The normalized spacial score (nSPS) is 12.2. The summed E-state index contributed by atoms with van der Waals surface area (Å²) < 4.78 is 7.26. The number of aromatic amines is 1. The van der Waals surface area contributed by atoms with Crippen LogP contribution in [0.25, 0.3) is 10.9 Å². The highest BCUT2D eigenvalue weighted by atomic mass is 28.3. The highest BCUT2D eigenvalue weighted by molar-refractivity contribution is 6.76. The number of pyridine rings is 1. The minimum Gasteiger partial charge on any atom is -0.360 e. The van der Waals surface area contributed by atoms with E-state index in [1.807, 2.05) is 0 Å². The van der Waals surface area contributed by atoms with Gasteiger partial charge < -0.3 is 9.72 Å². The van der Waals surface area contributed by atoms with Crippen molar-refractivity contribution in [1.82, 2.24) is 14.8 Å². The summed E-state index contributed by atoms with van der Waals surface area (Å²) in [5.41, 5.74) is 0.591. The van der Waals surface area contributed by atoms with Gasteiger partial charge in [0.25, 0.3) is 5.56 Å². The van der Waals surface area contributed by atoms with E-state index in [1.54, 1.807) is 23.1 Å². The third kappa shape index (κ3) is 3.30. The van der Waals surface area contributed by atoms with E-state index in [9.17, 15) is 4.79 Å². The number of hydrogen-bond acceptors (Lipinski definition) is 3. The molecule has 2 aromatic heterocycles. The van der Waals surface area contributed by atoms with E-state index in [-0.39, 0.29) is 5.56 Å². The Morgan fingerprint density at radius 3 is 2.89 bits per heavy atom. The van der Waals surface area contributed by atoms with Crippen molar-refractivity contribution in [3.63, 3.8) is 0 Å². The molecule has 98 valence electrons. The Kier molecular flexibility index (Phi) is 3.67. The Morgan fingerprint density at radius 1 is 1.44 bits per heavy atom. The molecule has 1 N–H and O–H groups in total. The molecule has 0 unspecified atom stereocenters. The second-order valence-corrected chi connectivity index (χ2v) is 11.2. The number of fused-ring (bicyclic) bond motifs is 1. The molecule has 0 aliphatic carbocycles. The second kappa shape index (κ2) is 5.07. The molecule has 0 fully saturated rings. The van der Waals surface area contributed by atoms with E-state index >= 15 is 0 Å². The lowest BCUT2D eigenvalue weighted by atomic mass is 10.3. The van der Waals surface area contributed by atoms with Gasteiger partial charge in [0.15, 0.2) is 0 Å². The van der Waals surface area contributed by atoms with E-state index in [4.69, 9.17) is 4.74 Å². The predicted molar refractivity (Wildman–Crippen MR) is 74.5 cm³/mol. The minimum atomic E-state index is -1.05. The second-order valence-electron chi connectivity index (χ2n) is 5.62. The third-order valence-electron chi connectivity index (χ3n) is 2.71. The topological polar surface area (TPSA) is 59.9 Å². The summed E-state index contributed by atoms with van der Waals surface area (Å²) in [6.07, 6.45) is 3.33. The van der Waals surface area contributed by atoms with Crippen molar-refractivity contribution < 1.29 is 4.74 Å². The van der Waals surface area contributed by atoms with Crippen LogP contribution in [0.1, 0.15) is 0 Å². The van der Waals surface area contributed by atoms with Gasteiger partial charge in [0.05, 0.1) is 10.9 Å². The number of nitrogens with one attached hydrogen (secondary N) is 1. The van der Waals surface area contributed by atoms with Crippen LogP contribution in [-0.2, 0) is 11.5 Å². The first kappa shape index (κ1) is 13.0. The zero-order valence-electron chi connectivity index (χ0n) is 11.1. The maximum absolute atomic E-state index is 11.5. The molecule has 18 heavy (non-hydrogen) atoms. The summed E-state index contributed by atoms with van der Waals surface area (Å²) in [4.78, 5) is 14.1. The maximum atomic E-state index is 11.5. The zero-order valence-corrected chi connectivity index (χ0v) is 12.1. The number of rotatable bonds is 5. The minimum absolute atomic E-state index is 0.110. The lowest BCUT2D eigenvalue weighted by Crippen LogP contribution is -2.22. The fourth-order valence-corrected chi connectivity index (χ4v) is 2.37. The van der Waals surface area contributed by atoms with Crippen LogP contribution in [0.4, 0.5) is 0 Å². The molecule has 2 aromatic rings. The summed E-state index contributed by atoms with van der Waals surface area (Å²) >= 11 is 0.